The molecule has 4 nitrogen and oxygen atoms in total. The van der Waals surface area contributed by atoms with E-state index < -0.39 is 6.10 Å². The third kappa shape index (κ3) is 2.11. The van der Waals surface area contributed by atoms with Crippen molar-refractivity contribution in [1.82, 2.24) is 0 Å². The first-order valence-corrected chi connectivity index (χ1v) is 4.11. The lowest BCUT2D eigenvalue weighted by Gasteiger charge is -2.15. The summed E-state index contributed by atoms with van der Waals surface area (Å²) in [6.07, 6.45) is -0.692. The molecule has 0 saturated heterocycles. The molecule has 0 heterocycles. The Bertz CT molecular complexity index is 299. The van der Waals surface area contributed by atoms with Crippen molar-refractivity contribution in [2.24, 2.45) is 5.73 Å². The van der Waals surface area contributed by atoms with Gasteiger partial charge in [-0.1, -0.05) is 6.07 Å². The molecular weight excluding hydrogens is 166 g/mol. The molecule has 7 N–H and O–H groups in total. The quantitative estimate of drug-likeness (QED) is 0.491. The molecule has 0 radical (unpaired) electrons. The minimum Gasteiger partial charge on any atom is -0.397 e. The number of benzene rings is 1. The van der Waals surface area contributed by atoms with Crippen LogP contribution in [0.3, 0.4) is 0 Å². The Morgan fingerprint density at radius 2 is 1.85 bits per heavy atom. The number of hydrogen-bond acceptors (Lipinski definition) is 4. The smallest absolute Gasteiger partial charge is 0.0938 e. The fraction of sp³-hybridized carbons (Fsp3) is 0.333. The van der Waals surface area contributed by atoms with Crippen LogP contribution in [0.5, 0.6) is 0 Å². The Hall–Kier alpha value is -1.26. The molecule has 0 unspecified atom stereocenters. The van der Waals surface area contributed by atoms with Crippen LogP contribution in [0.25, 0.3) is 0 Å². The van der Waals surface area contributed by atoms with Gasteiger partial charge >= 0.3 is 0 Å². The van der Waals surface area contributed by atoms with Gasteiger partial charge in [-0.15, -0.1) is 0 Å². The van der Waals surface area contributed by atoms with E-state index in [0.29, 0.717) is 16.9 Å². The van der Waals surface area contributed by atoms with Crippen LogP contribution in [0.2, 0.25) is 0 Å². The largest absolute Gasteiger partial charge is 0.397 e. The van der Waals surface area contributed by atoms with Gasteiger partial charge in [0.2, 0.25) is 0 Å². The highest BCUT2D eigenvalue weighted by Crippen LogP contribution is 2.22. The average molecular weight is 181 g/mol. The van der Waals surface area contributed by atoms with Crippen molar-refractivity contribution in [3.8, 4) is 0 Å². The van der Waals surface area contributed by atoms with Gasteiger partial charge in [0.05, 0.1) is 17.5 Å². The first-order valence-electron chi connectivity index (χ1n) is 4.11. The summed E-state index contributed by atoms with van der Waals surface area (Å²) in [5, 5.41) is 9.59. The predicted molar refractivity (Wildman–Crippen MR) is 53.9 cm³/mol. The molecule has 13 heavy (non-hydrogen) atoms. The van der Waals surface area contributed by atoms with Crippen LogP contribution >= 0.6 is 0 Å². The Labute approximate surface area is 77.3 Å². The van der Waals surface area contributed by atoms with Crippen molar-refractivity contribution in [3.05, 3.63) is 23.8 Å². The van der Waals surface area contributed by atoms with Crippen molar-refractivity contribution < 1.29 is 5.11 Å². The maximum atomic E-state index is 9.59. The molecule has 0 aliphatic carbocycles. The highest BCUT2D eigenvalue weighted by Gasteiger charge is 2.12. The second-order valence-electron chi connectivity index (χ2n) is 3.19. The van der Waals surface area contributed by atoms with Crippen LogP contribution in [0.4, 0.5) is 11.4 Å². The second kappa shape index (κ2) is 3.64. The molecule has 0 fully saturated rings. The fourth-order valence-corrected chi connectivity index (χ4v) is 1.08. The molecule has 1 aromatic carbocycles. The summed E-state index contributed by atoms with van der Waals surface area (Å²) in [4.78, 5) is 0. The summed E-state index contributed by atoms with van der Waals surface area (Å²) in [6, 6.07) is 4.71. The zero-order valence-corrected chi connectivity index (χ0v) is 7.57. The molecule has 2 atom stereocenters. The molecule has 1 rings (SSSR count). The summed E-state index contributed by atoms with van der Waals surface area (Å²) in [7, 11) is 0. The summed E-state index contributed by atoms with van der Waals surface area (Å²) in [5.74, 6) is 0. The number of nitrogen functional groups attached to an aromatic ring is 2. The molecule has 0 aliphatic rings. The van der Waals surface area contributed by atoms with Gasteiger partial charge in [0, 0.05) is 6.04 Å². The monoisotopic (exact) mass is 181 g/mol. The number of rotatable bonds is 2. The van der Waals surface area contributed by atoms with Crippen molar-refractivity contribution in [1.29, 1.82) is 0 Å². The van der Waals surface area contributed by atoms with E-state index in [1.807, 2.05) is 0 Å². The minimum atomic E-state index is -0.692. The van der Waals surface area contributed by atoms with Crippen molar-refractivity contribution in [3.63, 3.8) is 0 Å². The number of nitrogens with two attached hydrogens (primary N) is 3. The second-order valence-corrected chi connectivity index (χ2v) is 3.19. The molecule has 0 spiro atoms. The topological polar surface area (TPSA) is 98.3 Å². The van der Waals surface area contributed by atoms with E-state index in [1.54, 1.807) is 25.1 Å². The van der Waals surface area contributed by atoms with Gasteiger partial charge in [-0.3, -0.25) is 0 Å². The van der Waals surface area contributed by atoms with Crippen molar-refractivity contribution in [2.75, 3.05) is 11.5 Å². The third-order valence-electron chi connectivity index (χ3n) is 1.95. The molecule has 0 amide bonds. The lowest BCUT2D eigenvalue weighted by atomic mass is 10.0. The van der Waals surface area contributed by atoms with Crippen LogP contribution in [0.15, 0.2) is 18.2 Å². The molecular formula is C9H15N3O. The first kappa shape index (κ1) is 9.83. The Kier molecular flexibility index (Phi) is 2.75. The molecule has 0 aliphatic heterocycles. The summed E-state index contributed by atoms with van der Waals surface area (Å²) < 4.78 is 0. The van der Waals surface area contributed by atoms with E-state index in [2.05, 4.69) is 0 Å². The molecule has 0 bridgehead atoms. The SMILES string of the molecule is C[C@@H](N)[C@H](O)c1ccc(N)c(N)c1. The molecule has 72 valence electrons. The van der Waals surface area contributed by atoms with Gasteiger partial charge in [0.15, 0.2) is 0 Å². The summed E-state index contributed by atoms with van der Waals surface area (Å²) in [6.45, 7) is 1.73. The van der Waals surface area contributed by atoms with Crippen LogP contribution in [-0.4, -0.2) is 11.1 Å². The number of hydrogen-bond donors (Lipinski definition) is 4. The highest BCUT2D eigenvalue weighted by atomic mass is 16.3. The Morgan fingerprint density at radius 1 is 1.23 bits per heavy atom. The van der Waals surface area contributed by atoms with Crippen LogP contribution in [-0.2, 0) is 0 Å². The van der Waals surface area contributed by atoms with Gasteiger partial charge in [-0.2, -0.15) is 0 Å². The summed E-state index contributed by atoms with van der Waals surface area (Å²) in [5.41, 5.74) is 18.3. The van der Waals surface area contributed by atoms with E-state index in [4.69, 9.17) is 17.2 Å². The predicted octanol–water partition coefficient (Wildman–Crippen LogP) is 0.232. The van der Waals surface area contributed by atoms with Crippen molar-refractivity contribution >= 4 is 11.4 Å². The zero-order valence-electron chi connectivity index (χ0n) is 7.57. The number of aliphatic hydroxyl groups is 1. The molecule has 1 aromatic rings. The lowest BCUT2D eigenvalue weighted by Crippen LogP contribution is -2.24. The van der Waals surface area contributed by atoms with Gasteiger partial charge in [-0.05, 0) is 24.6 Å². The van der Waals surface area contributed by atoms with Gasteiger partial charge in [0.1, 0.15) is 0 Å². The maximum absolute atomic E-state index is 9.59. The third-order valence-corrected chi connectivity index (χ3v) is 1.95. The normalized spacial score (nSPS) is 15.3. The standard InChI is InChI=1S/C9H15N3O/c1-5(10)9(13)6-2-3-7(11)8(12)4-6/h2-5,9,13H,10-12H2,1H3/t5-,9+/m1/s1. The minimum absolute atomic E-state index is 0.317. The van der Waals surface area contributed by atoms with E-state index in [9.17, 15) is 5.11 Å². The van der Waals surface area contributed by atoms with Gasteiger partial charge in [0.25, 0.3) is 0 Å². The Morgan fingerprint density at radius 3 is 2.31 bits per heavy atom. The van der Waals surface area contributed by atoms with Crippen LogP contribution in [0.1, 0.15) is 18.6 Å². The van der Waals surface area contributed by atoms with Gasteiger partial charge < -0.3 is 22.3 Å². The number of anilines is 2. The first-order chi connectivity index (χ1) is 6.02. The Balaban J connectivity index is 2.97. The molecule has 0 saturated carbocycles. The van der Waals surface area contributed by atoms with Crippen LogP contribution in [0, 0.1) is 0 Å². The van der Waals surface area contributed by atoms with Gasteiger partial charge in [-0.25, -0.2) is 0 Å². The number of aliphatic hydroxyl groups excluding tert-OH is 1. The average Bonchev–Trinajstić information content (AvgIpc) is 2.08. The highest BCUT2D eigenvalue weighted by molar-refractivity contribution is 5.64. The fourth-order valence-electron chi connectivity index (χ4n) is 1.08. The molecule has 4 heteroatoms. The van der Waals surface area contributed by atoms with E-state index >= 15 is 0 Å². The van der Waals surface area contributed by atoms with Crippen molar-refractivity contribution in [2.45, 2.75) is 19.1 Å². The van der Waals surface area contributed by atoms with E-state index in [-0.39, 0.29) is 6.04 Å². The maximum Gasteiger partial charge on any atom is 0.0938 e. The lowest BCUT2D eigenvalue weighted by molar-refractivity contribution is 0.153. The van der Waals surface area contributed by atoms with E-state index in [1.165, 1.54) is 0 Å². The summed E-state index contributed by atoms with van der Waals surface area (Å²) >= 11 is 0. The molecule has 0 aromatic heterocycles. The van der Waals surface area contributed by atoms with Crippen LogP contribution < -0.4 is 17.2 Å². The zero-order chi connectivity index (χ0) is 10.0. The van der Waals surface area contributed by atoms with E-state index in [0.717, 1.165) is 0 Å².